The van der Waals surface area contributed by atoms with Crippen LogP contribution in [0, 0.1) is 0 Å². The molecule has 0 saturated carbocycles. The molecule has 3 aromatic rings. The van der Waals surface area contributed by atoms with E-state index < -0.39 is 37.9 Å². The van der Waals surface area contributed by atoms with Gasteiger partial charge in [0.15, 0.2) is 0 Å². The van der Waals surface area contributed by atoms with Gasteiger partial charge < -0.3 is 15.6 Å². The molecular formula is C19H18F5N5O2S. The monoisotopic (exact) mass is 475 g/mol. The van der Waals surface area contributed by atoms with E-state index >= 15 is 0 Å². The van der Waals surface area contributed by atoms with Gasteiger partial charge in [-0.2, -0.15) is 22.0 Å². The number of fused-ring (bicyclic) bond motifs is 1. The number of alkyl halides is 5. The van der Waals surface area contributed by atoms with Crippen molar-refractivity contribution in [1.29, 1.82) is 0 Å². The Bertz CT molecular complexity index is 1240. The second-order valence-corrected chi connectivity index (χ2v) is 9.27. The van der Waals surface area contributed by atoms with Crippen LogP contribution in [0.5, 0.6) is 0 Å². The molecular weight excluding hydrogens is 457 g/mol. The highest BCUT2D eigenvalue weighted by molar-refractivity contribution is 7.91. The third-order valence-electron chi connectivity index (χ3n) is 5.20. The number of H-pyrrole nitrogens is 1. The number of rotatable bonds is 5. The van der Waals surface area contributed by atoms with Gasteiger partial charge in [-0.25, -0.2) is 18.4 Å². The Labute approximate surface area is 179 Å². The summed E-state index contributed by atoms with van der Waals surface area (Å²) in [6.45, 7) is 1.48. The highest BCUT2D eigenvalue weighted by Crippen LogP contribution is 2.39. The highest BCUT2D eigenvalue weighted by Gasteiger charge is 2.36. The molecule has 32 heavy (non-hydrogen) atoms. The Morgan fingerprint density at radius 3 is 2.66 bits per heavy atom. The standard InChI is InChI=1S/C19H18F5N5O2S/c20-17(21)32(30,31)11-3-4-12-13(8-26-15(12)6-11)16-14(19(22,23)24)9-27-18(29-16)28-10-2-1-5-25-7-10/h3-4,6,8-10,17,25-26H,1-2,5,7H2,(H,27,28,29)/t10-/m0/s1. The van der Waals surface area contributed by atoms with Crippen LogP contribution in [0.1, 0.15) is 18.4 Å². The molecule has 0 spiro atoms. The van der Waals surface area contributed by atoms with Crippen molar-refractivity contribution < 1.29 is 30.4 Å². The maximum atomic E-state index is 13.7. The number of nitrogens with one attached hydrogen (secondary N) is 3. The van der Waals surface area contributed by atoms with E-state index in [1.165, 1.54) is 12.3 Å². The molecule has 0 aliphatic carbocycles. The minimum Gasteiger partial charge on any atom is -0.360 e. The lowest BCUT2D eigenvalue weighted by Gasteiger charge is -2.24. The first kappa shape index (κ1) is 22.4. The van der Waals surface area contributed by atoms with Crippen LogP contribution in [0.3, 0.4) is 0 Å². The average Bonchev–Trinajstić information content (AvgIpc) is 3.16. The molecule has 2 aromatic heterocycles. The zero-order valence-electron chi connectivity index (χ0n) is 16.4. The average molecular weight is 475 g/mol. The summed E-state index contributed by atoms with van der Waals surface area (Å²) in [5, 5.41) is 6.40. The third-order valence-corrected chi connectivity index (χ3v) is 6.58. The van der Waals surface area contributed by atoms with Crippen molar-refractivity contribution in [2.24, 2.45) is 0 Å². The quantitative estimate of drug-likeness (QED) is 0.486. The number of anilines is 1. The van der Waals surface area contributed by atoms with Crippen LogP contribution >= 0.6 is 0 Å². The van der Waals surface area contributed by atoms with Crippen LogP contribution < -0.4 is 10.6 Å². The van der Waals surface area contributed by atoms with E-state index in [-0.39, 0.29) is 28.5 Å². The maximum absolute atomic E-state index is 13.7. The first-order chi connectivity index (χ1) is 15.1. The Morgan fingerprint density at radius 2 is 2.00 bits per heavy atom. The lowest BCUT2D eigenvalue weighted by atomic mass is 10.1. The summed E-state index contributed by atoms with van der Waals surface area (Å²) in [6.07, 6.45) is -1.12. The van der Waals surface area contributed by atoms with Gasteiger partial charge in [-0.05, 0) is 31.5 Å². The normalized spacial score (nSPS) is 17.8. The van der Waals surface area contributed by atoms with Crippen molar-refractivity contribution in [2.75, 3.05) is 18.4 Å². The van der Waals surface area contributed by atoms with Gasteiger partial charge in [-0.15, -0.1) is 0 Å². The number of halogens is 5. The van der Waals surface area contributed by atoms with E-state index in [0.29, 0.717) is 12.7 Å². The minimum atomic E-state index is -4.85. The molecule has 1 aliphatic rings. The van der Waals surface area contributed by atoms with Gasteiger partial charge >= 0.3 is 11.9 Å². The third kappa shape index (κ3) is 4.26. The van der Waals surface area contributed by atoms with Crippen LogP contribution in [-0.2, 0) is 16.0 Å². The number of hydrogen-bond acceptors (Lipinski definition) is 6. The molecule has 7 nitrogen and oxygen atoms in total. The molecule has 0 amide bonds. The first-order valence-electron chi connectivity index (χ1n) is 9.62. The molecule has 1 atom stereocenters. The molecule has 3 N–H and O–H groups in total. The smallest absolute Gasteiger partial charge is 0.360 e. The van der Waals surface area contributed by atoms with Gasteiger partial charge in [0.05, 0.1) is 10.6 Å². The number of piperidine rings is 1. The van der Waals surface area contributed by atoms with E-state index in [0.717, 1.165) is 31.5 Å². The fraction of sp³-hybridized carbons (Fsp3) is 0.368. The molecule has 0 radical (unpaired) electrons. The molecule has 3 heterocycles. The lowest BCUT2D eigenvalue weighted by molar-refractivity contribution is -0.137. The molecule has 0 unspecified atom stereocenters. The summed E-state index contributed by atoms with van der Waals surface area (Å²) >= 11 is 0. The van der Waals surface area contributed by atoms with Crippen molar-refractivity contribution in [3.8, 4) is 11.3 Å². The molecule has 1 fully saturated rings. The summed E-state index contributed by atoms with van der Waals surface area (Å²) in [5.41, 5.74) is -1.36. The van der Waals surface area contributed by atoms with Crippen molar-refractivity contribution >= 4 is 26.7 Å². The Morgan fingerprint density at radius 1 is 1.22 bits per heavy atom. The number of benzene rings is 1. The summed E-state index contributed by atoms with van der Waals surface area (Å²) in [5.74, 6) is -3.59. The van der Waals surface area contributed by atoms with Crippen LogP contribution in [0.25, 0.3) is 22.2 Å². The molecule has 4 rings (SSSR count). The lowest BCUT2D eigenvalue weighted by Crippen LogP contribution is -2.38. The summed E-state index contributed by atoms with van der Waals surface area (Å²) in [6, 6.07) is 3.03. The van der Waals surface area contributed by atoms with Gasteiger partial charge in [0, 0.05) is 41.4 Å². The fourth-order valence-corrected chi connectivity index (χ4v) is 4.35. The highest BCUT2D eigenvalue weighted by atomic mass is 32.2. The van der Waals surface area contributed by atoms with Gasteiger partial charge in [0.2, 0.25) is 15.8 Å². The predicted octanol–water partition coefficient (Wildman–Crippen LogP) is 3.80. The van der Waals surface area contributed by atoms with Crippen molar-refractivity contribution in [2.45, 2.75) is 35.7 Å². The second kappa shape index (κ2) is 8.28. The van der Waals surface area contributed by atoms with Gasteiger partial charge in [0.1, 0.15) is 5.56 Å². The van der Waals surface area contributed by atoms with Crippen molar-refractivity contribution in [3.05, 3.63) is 36.2 Å². The molecule has 1 aliphatic heterocycles. The summed E-state index contributed by atoms with van der Waals surface area (Å²) in [4.78, 5) is 9.92. The first-order valence-corrected chi connectivity index (χ1v) is 11.2. The number of aromatic amines is 1. The summed E-state index contributed by atoms with van der Waals surface area (Å²) < 4.78 is 90.1. The maximum Gasteiger partial charge on any atom is 0.419 e. The summed E-state index contributed by atoms with van der Waals surface area (Å²) in [7, 11) is -4.85. The van der Waals surface area contributed by atoms with E-state index in [4.69, 9.17) is 0 Å². The zero-order chi connectivity index (χ0) is 23.1. The number of nitrogens with zero attached hydrogens (tertiary/aromatic N) is 2. The topological polar surface area (TPSA) is 99.8 Å². The van der Waals surface area contributed by atoms with E-state index in [2.05, 4.69) is 25.6 Å². The Balaban J connectivity index is 1.79. The molecule has 172 valence electrons. The zero-order valence-corrected chi connectivity index (χ0v) is 17.2. The second-order valence-electron chi connectivity index (χ2n) is 7.36. The van der Waals surface area contributed by atoms with Crippen LogP contribution in [0.2, 0.25) is 0 Å². The van der Waals surface area contributed by atoms with E-state index in [9.17, 15) is 30.4 Å². The van der Waals surface area contributed by atoms with Gasteiger partial charge in [-0.1, -0.05) is 6.07 Å². The Kier molecular flexibility index (Phi) is 5.79. The SMILES string of the molecule is O=S(=O)(c1ccc2c(-c3nc(N[C@H]4CCCNC4)ncc3C(F)(F)F)c[nH]c2c1)C(F)F. The predicted molar refractivity (Wildman–Crippen MR) is 107 cm³/mol. The molecule has 1 saturated heterocycles. The number of sulfone groups is 1. The van der Waals surface area contributed by atoms with E-state index in [1.807, 2.05) is 0 Å². The van der Waals surface area contributed by atoms with Crippen LogP contribution in [0.15, 0.2) is 35.5 Å². The van der Waals surface area contributed by atoms with Gasteiger partial charge in [0.25, 0.3) is 0 Å². The number of hydrogen-bond donors (Lipinski definition) is 3. The van der Waals surface area contributed by atoms with Gasteiger partial charge in [-0.3, -0.25) is 0 Å². The Hall–Kier alpha value is -2.80. The van der Waals surface area contributed by atoms with Crippen LogP contribution in [0.4, 0.5) is 27.9 Å². The minimum absolute atomic E-state index is 0.0212. The molecule has 13 heteroatoms. The fourth-order valence-electron chi connectivity index (χ4n) is 3.60. The van der Waals surface area contributed by atoms with Crippen molar-refractivity contribution in [3.63, 3.8) is 0 Å². The largest absolute Gasteiger partial charge is 0.419 e. The molecule has 1 aromatic carbocycles. The molecule has 0 bridgehead atoms. The van der Waals surface area contributed by atoms with Crippen LogP contribution in [-0.4, -0.2) is 48.3 Å². The van der Waals surface area contributed by atoms with E-state index in [1.54, 1.807) is 0 Å². The van der Waals surface area contributed by atoms with Crippen molar-refractivity contribution in [1.82, 2.24) is 20.3 Å². The number of aromatic nitrogens is 3.